The van der Waals surface area contributed by atoms with Crippen LogP contribution in [0.2, 0.25) is 0 Å². The summed E-state index contributed by atoms with van der Waals surface area (Å²) in [6.07, 6.45) is 1.53. The topological polar surface area (TPSA) is 111 Å². The molecule has 90 valence electrons. The summed E-state index contributed by atoms with van der Waals surface area (Å²) in [5.41, 5.74) is 8.49. The fourth-order valence-electron chi connectivity index (χ4n) is 1.18. The number of carboxylic acids is 1. The van der Waals surface area contributed by atoms with E-state index in [4.69, 9.17) is 10.6 Å². The number of carboxylic acid groups (broad SMARTS) is 1. The van der Waals surface area contributed by atoms with Crippen LogP contribution in [0.25, 0.3) is 10.4 Å². The first-order chi connectivity index (χ1) is 8.15. The molecule has 0 spiro atoms. The number of azide groups is 1. The normalized spacial score (nSPS) is 11.6. The van der Waals surface area contributed by atoms with Crippen molar-refractivity contribution in [3.63, 3.8) is 0 Å². The maximum absolute atomic E-state index is 11.0. The number of pyridine rings is 1. The molecule has 1 aromatic rings. The summed E-state index contributed by atoms with van der Waals surface area (Å²) in [5.74, 6) is -1.03. The molecule has 7 nitrogen and oxygen atoms in total. The third-order valence-corrected chi connectivity index (χ3v) is 2.39. The van der Waals surface area contributed by atoms with E-state index >= 15 is 0 Å². The first-order valence-electron chi connectivity index (χ1n) is 4.73. The molecule has 0 radical (unpaired) electrons. The van der Waals surface area contributed by atoms with Crippen LogP contribution >= 0.6 is 15.9 Å². The van der Waals surface area contributed by atoms with Gasteiger partial charge in [-0.25, -0.2) is 0 Å². The summed E-state index contributed by atoms with van der Waals surface area (Å²) in [6.45, 7) is 0.468. The zero-order valence-electron chi connectivity index (χ0n) is 8.75. The molecule has 1 rings (SSSR count). The molecule has 2 N–H and O–H groups in total. The van der Waals surface area contributed by atoms with E-state index in [0.717, 1.165) is 4.47 Å². The van der Waals surface area contributed by atoms with E-state index in [9.17, 15) is 4.79 Å². The first kappa shape index (κ1) is 13.4. The number of halogens is 1. The third-order valence-electron chi connectivity index (χ3n) is 1.92. The molecular weight excluding hydrogens is 290 g/mol. The van der Waals surface area contributed by atoms with Crippen LogP contribution < -0.4 is 5.32 Å². The van der Waals surface area contributed by atoms with Crippen molar-refractivity contribution in [2.75, 3.05) is 13.1 Å². The summed E-state index contributed by atoms with van der Waals surface area (Å²) in [5, 5.41) is 15.1. The monoisotopic (exact) mass is 299 g/mol. The van der Waals surface area contributed by atoms with Gasteiger partial charge in [-0.15, -0.1) is 0 Å². The lowest BCUT2D eigenvalue weighted by Gasteiger charge is -2.12. The molecular formula is C9H10BrN5O2. The van der Waals surface area contributed by atoms with Gasteiger partial charge in [-0.2, -0.15) is 0 Å². The van der Waals surface area contributed by atoms with E-state index in [2.05, 4.69) is 36.3 Å². The number of nitrogens with zero attached hydrogens (tertiary/aromatic N) is 4. The Morgan fingerprint density at radius 1 is 1.71 bits per heavy atom. The molecule has 8 heteroatoms. The van der Waals surface area contributed by atoms with Crippen molar-refractivity contribution in [3.05, 3.63) is 38.9 Å². The van der Waals surface area contributed by atoms with Gasteiger partial charge in [-0.05, 0) is 33.6 Å². The largest absolute Gasteiger partial charge is 0.480 e. The maximum Gasteiger partial charge on any atom is 0.326 e. The van der Waals surface area contributed by atoms with Gasteiger partial charge in [0.15, 0.2) is 0 Å². The molecule has 1 atom stereocenters. The Hall–Kier alpha value is -1.63. The highest BCUT2D eigenvalue weighted by atomic mass is 79.9. The van der Waals surface area contributed by atoms with Crippen molar-refractivity contribution in [2.45, 2.75) is 6.04 Å². The fraction of sp³-hybridized carbons (Fsp3) is 0.333. The summed E-state index contributed by atoms with van der Waals surface area (Å²) >= 11 is 3.22. The van der Waals surface area contributed by atoms with Gasteiger partial charge in [0, 0.05) is 28.7 Å². The number of nitrogens with one attached hydrogen (secondary N) is 1. The molecule has 17 heavy (non-hydrogen) atoms. The Morgan fingerprint density at radius 2 is 2.47 bits per heavy atom. The second kappa shape index (κ2) is 6.85. The number of aliphatic carboxylic acids is 1. The Bertz CT molecular complexity index is 430. The second-order valence-corrected chi connectivity index (χ2v) is 4.00. The molecule has 0 saturated carbocycles. The Balaban J connectivity index is 2.68. The van der Waals surface area contributed by atoms with Gasteiger partial charge in [-0.1, -0.05) is 5.11 Å². The SMILES string of the molecule is [N-]=[N+]=NCCNC(C(=O)O)c1ccc(Br)cn1. The minimum atomic E-state index is -1.03. The van der Waals surface area contributed by atoms with Gasteiger partial charge in [0.25, 0.3) is 0 Å². The molecule has 0 amide bonds. The van der Waals surface area contributed by atoms with E-state index in [1.807, 2.05) is 0 Å². The molecule has 0 fully saturated rings. The Labute approximate surface area is 106 Å². The Kier molecular flexibility index (Phi) is 5.41. The van der Waals surface area contributed by atoms with Crippen molar-refractivity contribution in [3.8, 4) is 0 Å². The average Bonchev–Trinajstić information content (AvgIpc) is 2.30. The number of rotatable bonds is 6. The van der Waals surface area contributed by atoms with Gasteiger partial charge >= 0.3 is 5.97 Å². The standard InChI is InChI=1S/C9H10BrN5O2/c10-6-1-2-7(13-5-6)8(9(16)17)12-3-4-14-15-11/h1-2,5,8,12H,3-4H2,(H,16,17). The maximum atomic E-state index is 11.0. The molecule has 0 aliphatic heterocycles. The lowest BCUT2D eigenvalue weighted by molar-refractivity contribution is -0.139. The highest BCUT2D eigenvalue weighted by Crippen LogP contribution is 2.13. The van der Waals surface area contributed by atoms with Gasteiger partial charge in [-0.3, -0.25) is 15.1 Å². The smallest absolute Gasteiger partial charge is 0.326 e. The predicted octanol–water partition coefficient (Wildman–Crippen LogP) is 1.87. The van der Waals surface area contributed by atoms with E-state index < -0.39 is 12.0 Å². The van der Waals surface area contributed by atoms with Crippen molar-refractivity contribution < 1.29 is 9.90 Å². The highest BCUT2D eigenvalue weighted by molar-refractivity contribution is 9.10. The fourth-order valence-corrected chi connectivity index (χ4v) is 1.41. The number of hydrogen-bond donors (Lipinski definition) is 2. The number of hydrogen-bond acceptors (Lipinski definition) is 4. The summed E-state index contributed by atoms with van der Waals surface area (Å²) < 4.78 is 0.777. The van der Waals surface area contributed by atoms with Crippen LogP contribution in [0, 0.1) is 0 Å². The second-order valence-electron chi connectivity index (χ2n) is 3.08. The quantitative estimate of drug-likeness (QED) is 0.361. The lowest BCUT2D eigenvalue weighted by Crippen LogP contribution is -2.31. The van der Waals surface area contributed by atoms with E-state index in [1.165, 1.54) is 6.20 Å². The van der Waals surface area contributed by atoms with Crippen LogP contribution in [0.3, 0.4) is 0 Å². The molecule has 1 aromatic heterocycles. The van der Waals surface area contributed by atoms with Crippen LogP contribution in [-0.4, -0.2) is 29.1 Å². The summed E-state index contributed by atoms with van der Waals surface area (Å²) in [4.78, 5) is 17.6. The minimum Gasteiger partial charge on any atom is -0.480 e. The van der Waals surface area contributed by atoms with E-state index in [-0.39, 0.29) is 13.1 Å². The van der Waals surface area contributed by atoms with Crippen molar-refractivity contribution in [2.24, 2.45) is 5.11 Å². The molecule has 0 aliphatic carbocycles. The average molecular weight is 300 g/mol. The van der Waals surface area contributed by atoms with Crippen LogP contribution in [-0.2, 0) is 4.79 Å². The van der Waals surface area contributed by atoms with Crippen LogP contribution in [0.15, 0.2) is 27.9 Å². The van der Waals surface area contributed by atoms with Gasteiger partial charge in [0.05, 0.1) is 5.69 Å². The molecule has 0 aromatic carbocycles. The highest BCUT2D eigenvalue weighted by Gasteiger charge is 2.19. The summed E-state index contributed by atoms with van der Waals surface area (Å²) in [6, 6.07) is 2.42. The van der Waals surface area contributed by atoms with Crippen molar-refractivity contribution in [1.29, 1.82) is 0 Å². The van der Waals surface area contributed by atoms with Crippen molar-refractivity contribution >= 4 is 21.9 Å². The van der Waals surface area contributed by atoms with Crippen molar-refractivity contribution in [1.82, 2.24) is 10.3 Å². The molecule has 0 saturated heterocycles. The molecule has 0 bridgehead atoms. The van der Waals surface area contributed by atoms with Gasteiger partial charge < -0.3 is 5.11 Å². The van der Waals surface area contributed by atoms with Crippen LogP contribution in [0.4, 0.5) is 0 Å². The van der Waals surface area contributed by atoms with Crippen LogP contribution in [0.5, 0.6) is 0 Å². The van der Waals surface area contributed by atoms with E-state index in [0.29, 0.717) is 5.69 Å². The number of aromatic nitrogens is 1. The summed E-state index contributed by atoms with van der Waals surface area (Å²) in [7, 11) is 0. The minimum absolute atomic E-state index is 0.191. The zero-order valence-corrected chi connectivity index (χ0v) is 10.3. The molecule has 1 heterocycles. The molecule has 1 unspecified atom stereocenters. The zero-order chi connectivity index (χ0) is 12.7. The lowest BCUT2D eigenvalue weighted by atomic mass is 10.2. The number of carbonyl (C=O) groups is 1. The predicted molar refractivity (Wildman–Crippen MR) is 64.3 cm³/mol. The van der Waals surface area contributed by atoms with Gasteiger partial charge in [0.1, 0.15) is 6.04 Å². The van der Waals surface area contributed by atoms with Gasteiger partial charge in [0.2, 0.25) is 0 Å². The Morgan fingerprint density at radius 3 is 3.00 bits per heavy atom. The van der Waals surface area contributed by atoms with E-state index in [1.54, 1.807) is 12.1 Å². The first-order valence-corrected chi connectivity index (χ1v) is 5.53. The van der Waals surface area contributed by atoms with Crippen LogP contribution in [0.1, 0.15) is 11.7 Å². The molecule has 0 aliphatic rings. The third kappa shape index (κ3) is 4.39.